The molecule has 0 aromatic heterocycles. The van der Waals surface area contributed by atoms with Gasteiger partial charge in [-0.25, -0.2) is 0 Å². The lowest BCUT2D eigenvalue weighted by molar-refractivity contribution is -0.121. The van der Waals surface area contributed by atoms with E-state index in [0.717, 1.165) is 24.2 Å². The van der Waals surface area contributed by atoms with Gasteiger partial charge >= 0.3 is 0 Å². The number of carbonyl (C=O) groups is 1. The van der Waals surface area contributed by atoms with Gasteiger partial charge in [-0.15, -0.1) is 0 Å². The van der Waals surface area contributed by atoms with E-state index < -0.39 is 0 Å². The van der Waals surface area contributed by atoms with Gasteiger partial charge in [0.25, 0.3) is 0 Å². The molecule has 0 spiro atoms. The van der Waals surface area contributed by atoms with Crippen molar-refractivity contribution in [3.05, 3.63) is 0 Å². The summed E-state index contributed by atoms with van der Waals surface area (Å²) in [4.78, 5) is 11.6. The van der Waals surface area contributed by atoms with Crippen molar-refractivity contribution < 1.29 is 4.79 Å². The SMILES string of the molecule is CC1(C)C[C@@H]2CC3C(=O)CCC3[C@@H]2C1. The van der Waals surface area contributed by atoms with Crippen molar-refractivity contribution in [2.24, 2.45) is 29.1 Å². The van der Waals surface area contributed by atoms with E-state index in [1.165, 1.54) is 25.7 Å². The van der Waals surface area contributed by atoms with E-state index in [-0.39, 0.29) is 0 Å². The Labute approximate surface area is 86.3 Å². The van der Waals surface area contributed by atoms with Crippen LogP contribution in [0.4, 0.5) is 0 Å². The van der Waals surface area contributed by atoms with E-state index in [2.05, 4.69) is 13.8 Å². The van der Waals surface area contributed by atoms with Crippen LogP contribution in [0.3, 0.4) is 0 Å². The Balaban J connectivity index is 1.83. The maximum absolute atomic E-state index is 11.6. The van der Waals surface area contributed by atoms with E-state index >= 15 is 0 Å². The topological polar surface area (TPSA) is 17.1 Å². The van der Waals surface area contributed by atoms with Crippen LogP contribution < -0.4 is 0 Å². The van der Waals surface area contributed by atoms with Gasteiger partial charge in [0.2, 0.25) is 0 Å². The predicted octanol–water partition coefficient (Wildman–Crippen LogP) is 3.04. The van der Waals surface area contributed by atoms with Crippen LogP contribution in [0.15, 0.2) is 0 Å². The second kappa shape index (κ2) is 2.62. The molecule has 1 nitrogen and oxygen atoms in total. The first-order valence-corrected chi connectivity index (χ1v) is 6.09. The maximum Gasteiger partial charge on any atom is 0.136 e. The molecular formula is C13H20O. The first kappa shape index (κ1) is 8.94. The molecule has 3 aliphatic rings. The minimum absolute atomic E-state index is 0.487. The van der Waals surface area contributed by atoms with Gasteiger partial charge in [-0.3, -0.25) is 4.79 Å². The second-order valence-corrected chi connectivity index (χ2v) is 6.51. The standard InChI is InChI=1S/C13H20O/c1-13(2)6-8-5-10-9(11(8)7-13)3-4-12(10)14/h8-11H,3-7H2,1-2H3/t8-,9?,10?,11+/m0/s1. The Morgan fingerprint density at radius 1 is 1.21 bits per heavy atom. The van der Waals surface area contributed by atoms with Gasteiger partial charge in [-0.05, 0) is 48.9 Å². The highest BCUT2D eigenvalue weighted by Gasteiger charge is 2.54. The van der Waals surface area contributed by atoms with Crippen LogP contribution in [0, 0.1) is 29.1 Å². The zero-order valence-electron chi connectivity index (χ0n) is 9.25. The van der Waals surface area contributed by atoms with Crippen LogP contribution in [0.2, 0.25) is 0 Å². The molecule has 0 aromatic rings. The Bertz CT molecular complexity index is 279. The summed E-state index contributed by atoms with van der Waals surface area (Å²) in [5.74, 6) is 3.66. The number of ketones is 1. The fourth-order valence-electron chi connectivity index (χ4n) is 4.59. The minimum Gasteiger partial charge on any atom is -0.299 e. The monoisotopic (exact) mass is 192 g/mol. The second-order valence-electron chi connectivity index (χ2n) is 6.51. The molecule has 3 rings (SSSR count). The predicted molar refractivity (Wildman–Crippen MR) is 55.8 cm³/mol. The number of hydrogen-bond donors (Lipinski definition) is 0. The molecule has 3 fully saturated rings. The number of Topliss-reactive ketones (excluding diaryl/α,β-unsaturated/α-hetero) is 1. The summed E-state index contributed by atoms with van der Waals surface area (Å²) >= 11 is 0. The zero-order valence-corrected chi connectivity index (χ0v) is 9.25. The molecule has 0 saturated heterocycles. The summed E-state index contributed by atoms with van der Waals surface area (Å²) < 4.78 is 0. The van der Waals surface area contributed by atoms with Crippen LogP contribution in [-0.4, -0.2) is 5.78 Å². The molecule has 2 unspecified atom stereocenters. The Kier molecular flexibility index (Phi) is 1.67. The summed E-state index contributed by atoms with van der Waals surface area (Å²) in [6.07, 6.45) is 6.08. The van der Waals surface area contributed by atoms with E-state index in [1.54, 1.807) is 0 Å². The van der Waals surface area contributed by atoms with Crippen LogP contribution in [0.5, 0.6) is 0 Å². The van der Waals surface area contributed by atoms with Crippen molar-refractivity contribution in [1.82, 2.24) is 0 Å². The number of hydrogen-bond acceptors (Lipinski definition) is 1. The summed E-state index contributed by atoms with van der Waals surface area (Å²) in [6.45, 7) is 4.80. The summed E-state index contributed by atoms with van der Waals surface area (Å²) in [6, 6.07) is 0. The fourth-order valence-corrected chi connectivity index (χ4v) is 4.59. The Morgan fingerprint density at radius 3 is 2.79 bits per heavy atom. The third kappa shape index (κ3) is 1.11. The molecular weight excluding hydrogens is 172 g/mol. The number of rotatable bonds is 0. The average molecular weight is 192 g/mol. The molecule has 1 heteroatoms. The molecule has 0 bridgehead atoms. The molecule has 0 heterocycles. The molecule has 14 heavy (non-hydrogen) atoms. The van der Waals surface area contributed by atoms with Gasteiger partial charge in [-0.1, -0.05) is 13.8 Å². The molecule has 3 aliphatic carbocycles. The lowest BCUT2D eigenvalue weighted by Gasteiger charge is -2.21. The van der Waals surface area contributed by atoms with Gasteiger partial charge in [0, 0.05) is 12.3 Å². The van der Waals surface area contributed by atoms with Gasteiger partial charge in [0.05, 0.1) is 0 Å². The highest BCUT2D eigenvalue weighted by atomic mass is 16.1. The summed E-state index contributed by atoms with van der Waals surface area (Å²) in [5, 5.41) is 0. The van der Waals surface area contributed by atoms with Crippen LogP contribution in [0.25, 0.3) is 0 Å². The molecule has 0 amide bonds. The average Bonchev–Trinajstić information content (AvgIpc) is 2.63. The van der Waals surface area contributed by atoms with E-state index in [1.807, 2.05) is 0 Å². The fraction of sp³-hybridized carbons (Fsp3) is 0.923. The van der Waals surface area contributed by atoms with E-state index in [4.69, 9.17) is 0 Å². The van der Waals surface area contributed by atoms with Crippen molar-refractivity contribution >= 4 is 5.78 Å². The molecule has 0 N–H and O–H groups in total. The molecule has 0 radical (unpaired) electrons. The molecule has 0 aliphatic heterocycles. The van der Waals surface area contributed by atoms with Crippen molar-refractivity contribution in [3.63, 3.8) is 0 Å². The first-order chi connectivity index (χ1) is 6.57. The van der Waals surface area contributed by atoms with Crippen LogP contribution in [0.1, 0.15) is 46.0 Å². The molecule has 78 valence electrons. The highest BCUT2D eigenvalue weighted by molar-refractivity contribution is 5.83. The Hall–Kier alpha value is -0.330. The van der Waals surface area contributed by atoms with Gasteiger partial charge in [-0.2, -0.15) is 0 Å². The Morgan fingerprint density at radius 2 is 2.00 bits per heavy atom. The lowest BCUT2D eigenvalue weighted by atomic mass is 9.83. The quantitative estimate of drug-likeness (QED) is 0.576. The first-order valence-electron chi connectivity index (χ1n) is 6.09. The van der Waals surface area contributed by atoms with Crippen molar-refractivity contribution in [2.45, 2.75) is 46.0 Å². The third-order valence-electron chi connectivity index (χ3n) is 4.97. The zero-order chi connectivity index (χ0) is 9.92. The smallest absolute Gasteiger partial charge is 0.136 e. The third-order valence-corrected chi connectivity index (χ3v) is 4.97. The maximum atomic E-state index is 11.6. The summed E-state index contributed by atoms with van der Waals surface area (Å²) in [7, 11) is 0. The number of fused-ring (bicyclic) bond motifs is 3. The van der Waals surface area contributed by atoms with Crippen LogP contribution in [-0.2, 0) is 4.79 Å². The van der Waals surface area contributed by atoms with Gasteiger partial charge in [0.1, 0.15) is 5.78 Å². The van der Waals surface area contributed by atoms with E-state index in [0.29, 0.717) is 17.1 Å². The largest absolute Gasteiger partial charge is 0.299 e. The normalized spacial score (nSPS) is 49.4. The molecule has 4 atom stereocenters. The van der Waals surface area contributed by atoms with Crippen molar-refractivity contribution in [2.75, 3.05) is 0 Å². The van der Waals surface area contributed by atoms with Crippen molar-refractivity contribution in [3.8, 4) is 0 Å². The van der Waals surface area contributed by atoms with Gasteiger partial charge < -0.3 is 0 Å². The lowest BCUT2D eigenvalue weighted by Crippen LogP contribution is -2.15. The van der Waals surface area contributed by atoms with Crippen LogP contribution >= 0.6 is 0 Å². The number of carbonyl (C=O) groups excluding carboxylic acids is 1. The molecule has 3 saturated carbocycles. The minimum atomic E-state index is 0.487. The highest BCUT2D eigenvalue weighted by Crippen LogP contribution is 2.60. The van der Waals surface area contributed by atoms with E-state index in [9.17, 15) is 4.79 Å². The van der Waals surface area contributed by atoms with Crippen molar-refractivity contribution in [1.29, 1.82) is 0 Å². The van der Waals surface area contributed by atoms with Gasteiger partial charge in [0.15, 0.2) is 0 Å². The summed E-state index contributed by atoms with van der Waals surface area (Å²) in [5.41, 5.74) is 0.561. The molecule has 0 aromatic carbocycles.